The van der Waals surface area contributed by atoms with Crippen LogP contribution in [0.1, 0.15) is 5.56 Å². The molecule has 0 aliphatic carbocycles. The molecule has 0 aliphatic rings. The molecule has 1 aromatic carbocycles. The van der Waals surface area contributed by atoms with E-state index in [1.54, 1.807) is 13.0 Å². The van der Waals surface area contributed by atoms with Gasteiger partial charge >= 0.3 is 0 Å². The van der Waals surface area contributed by atoms with Gasteiger partial charge in [0.15, 0.2) is 0 Å². The van der Waals surface area contributed by atoms with Crippen LogP contribution in [0.3, 0.4) is 0 Å². The van der Waals surface area contributed by atoms with Crippen molar-refractivity contribution in [1.82, 2.24) is 0 Å². The fourth-order valence-electron chi connectivity index (χ4n) is 0.779. The van der Waals surface area contributed by atoms with E-state index in [0.29, 0.717) is 5.69 Å². The molecule has 0 spiro atoms. The Morgan fingerprint density at radius 2 is 2.18 bits per heavy atom. The summed E-state index contributed by atoms with van der Waals surface area (Å²) in [4.78, 5) is 0. The highest BCUT2D eigenvalue weighted by molar-refractivity contribution is 5.56. The van der Waals surface area contributed by atoms with Gasteiger partial charge in [-0.2, -0.15) is 0 Å². The first-order valence-corrected chi connectivity index (χ1v) is 3.13. The Bertz CT molecular complexity index is 261. The average Bonchev–Trinajstić information content (AvgIpc) is 1.94. The van der Waals surface area contributed by atoms with Crippen LogP contribution < -0.4 is 11.0 Å². The monoisotopic (exact) mass is 153 g/mol. The molecule has 0 fully saturated rings. The van der Waals surface area contributed by atoms with Crippen LogP contribution in [0.5, 0.6) is 0 Å². The van der Waals surface area contributed by atoms with Crippen molar-refractivity contribution in [3.8, 4) is 0 Å². The van der Waals surface area contributed by atoms with Gasteiger partial charge in [-0.05, 0) is 30.7 Å². The summed E-state index contributed by atoms with van der Waals surface area (Å²) in [5.41, 5.74) is 7.06. The molecule has 4 heteroatoms. The molecule has 0 aliphatic heterocycles. The van der Waals surface area contributed by atoms with E-state index in [0.717, 1.165) is 5.56 Å². The van der Waals surface area contributed by atoms with Gasteiger partial charge in [-0.3, -0.25) is 5.21 Å². The SMILES string of the molecule is Cc1cc(N([O-])O)ccc1N. The van der Waals surface area contributed by atoms with E-state index >= 15 is 0 Å². The summed E-state index contributed by atoms with van der Waals surface area (Å²) in [7, 11) is 0. The van der Waals surface area contributed by atoms with Crippen LogP contribution in [0.4, 0.5) is 11.4 Å². The maximum atomic E-state index is 10.3. The molecule has 0 atom stereocenters. The second kappa shape index (κ2) is 2.77. The molecule has 11 heavy (non-hydrogen) atoms. The number of benzene rings is 1. The van der Waals surface area contributed by atoms with Crippen LogP contribution in [0, 0.1) is 12.1 Å². The summed E-state index contributed by atoms with van der Waals surface area (Å²) in [6.45, 7) is 1.77. The third-order valence-electron chi connectivity index (χ3n) is 1.47. The summed E-state index contributed by atoms with van der Waals surface area (Å²) in [6, 6.07) is 4.55. The Labute approximate surface area is 64.4 Å². The maximum Gasteiger partial charge on any atom is 0.0512 e. The van der Waals surface area contributed by atoms with Crippen LogP contribution in [0.2, 0.25) is 0 Å². The Hall–Kier alpha value is -1.26. The molecule has 60 valence electrons. The van der Waals surface area contributed by atoms with Gasteiger partial charge in [-0.1, -0.05) is 0 Å². The van der Waals surface area contributed by atoms with Crippen molar-refractivity contribution in [2.24, 2.45) is 0 Å². The molecule has 0 heterocycles. The van der Waals surface area contributed by atoms with Gasteiger partial charge < -0.3 is 16.2 Å². The first-order valence-electron chi connectivity index (χ1n) is 3.13. The minimum Gasteiger partial charge on any atom is -0.733 e. The lowest BCUT2D eigenvalue weighted by atomic mass is 10.2. The van der Waals surface area contributed by atoms with Gasteiger partial charge in [0.2, 0.25) is 0 Å². The van der Waals surface area contributed by atoms with Crippen molar-refractivity contribution in [2.75, 3.05) is 11.0 Å². The fourth-order valence-corrected chi connectivity index (χ4v) is 0.779. The number of hydrogen-bond acceptors (Lipinski definition) is 4. The number of rotatable bonds is 1. The maximum absolute atomic E-state index is 10.3. The Kier molecular flexibility index (Phi) is 1.98. The quantitative estimate of drug-likeness (QED) is 0.470. The molecule has 0 unspecified atom stereocenters. The number of aryl methyl sites for hydroxylation is 1. The molecule has 0 saturated heterocycles. The van der Waals surface area contributed by atoms with Crippen LogP contribution in [-0.2, 0) is 0 Å². The van der Waals surface area contributed by atoms with Gasteiger partial charge in [0.25, 0.3) is 0 Å². The van der Waals surface area contributed by atoms with Crippen molar-refractivity contribution in [3.63, 3.8) is 0 Å². The van der Waals surface area contributed by atoms with Crippen molar-refractivity contribution in [3.05, 3.63) is 29.0 Å². The van der Waals surface area contributed by atoms with E-state index < -0.39 is 0 Å². The van der Waals surface area contributed by atoms with E-state index in [4.69, 9.17) is 10.9 Å². The van der Waals surface area contributed by atoms with Gasteiger partial charge in [-0.15, -0.1) is 0 Å². The van der Waals surface area contributed by atoms with E-state index in [9.17, 15) is 5.21 Å². The highest BCUT2D eigenvalue weighted by atomic mass is 16.8. The summed E-state index contributed by atoms with van der Waals surface area (Å²) in [5, 5.41) is 18.6. The van der Waals surface area contributed by atoms with Crippen LogP contribution >= 0.6 is 0 Å². The van der Waals surface area contributed by atoms with Crippen molar-refractivity contribution in [2.45, 2.75) is 6.92 Å². The summed E-state index contributed by atoms with van der Waals surface area (Å²) >= 11 is 0. The number of nitrogen functional groups attached to an aromatic ring is 1. The smallest absolute Gasteiger partial charge is 0.0512 e. The first kappa shape index (κ1) is 7.84. The largest absolute Gasteiger partial charge is 0.733 e. The second-order valence-electron chi connectivity index (χ2n) is 2.31. The topological polar surface area (TPSA) is 72.5 Å². The zero-order valence-corrected chi connectivity index (χ0v) is 6.11. The molecule has 0 bridgehead atoms. The van der Waals surface area contributed by atoms with Gasteiger partial charge in [0.05, 0.1) is 5.69 Å². The molecule has 4 nitrogen and oxygen atoms in total. The predicted octanol–water partition coefficient (Wildman–Crippen LogP) is 1.27. The van der Waals surface area contributed by atoms with Crippen LogP contribution in [-0.4, -0.2) is 5.21 Å². The third-order valence-corrected chi connectivity index (χ3v) is 1.47. The Morgan fingerprint density at radius 1 is 1.55 bits per heavy atom. The molecule has 3 N–H and O–H groups in total. The van der Waals surface area contributed by atoms with E-state index in [-0.39, 0.29) is 10.9 Å². The Morgan fingerprint density at radius 3 is 2.64 bits per heavy atom. The zero-order valence-electron chi connectivity index (χ0n) is 6.11. The van der Waals surface area contributed by atoms with Gasteiger partial charge in [-0.25, -0.2) is 0 Å². The minimum atomic E-state index is -0.188. The van der Waals surface area contributed by atoms with Crippen molar-refractivity contribution in [1.29, 1.82) is 0 Å². The predicted molar refractivity (Wildman–Crippen MR) is 43.2 cm³/mol. The average molecular weight is 153 g/mol. The zero-order chi connectivity index (χ0) is 8.43. The number of nitrogens with zero attached hydrogens (tertiary/aromatic N) is 1. The molecule has 1 aromatic rings. The summed E-state index contributed by atoms with van der Waals surface area (Å²) in [6.07, 6.45) is 0. The standard InChI is InChI=1S/C7H9N2O2/c1-5-4-6(9(10)11)2-3-7(5)8/h2-4,10H,8H2,1H3/q-1. The Balaban J connectivity index is 3.05. The van der Waals surface area contributed by atoms with E-state index in [2.05, 4.69) is 0 Å². The molecule has 0 aromatic heterocycles. The summed E-state index contributed by atoms with van der Waals surface area (Å²) < 4.78 is 0. The van der Waals surface area contributed by atoms with E-state index in [1.165, 1.54) is 12.1 Å². The fraction of sp³-hybridized carbons (Fsp3) is 0.143. The van der Waals surface area contributed by atoms with Crippen molar-refractivity contribution < 1.29 is 5.21 Å². The molecule has 0 radical (unpaired) electrons. The normalized spacial score (nSPS) is 9.73. The molecule has 0 saturated carbocycles. The lowest BCUT2D eigenvalue weighted by molar-refractivity contribution is 0.296. The summed E-state index contributed by atoms with van der Waals surface area (Å²) in [5.74, 6) is 0. The van der Waals surface area contributed by atoms with Crippen LogP contribution in [0.25, 0.3) is 0 Å². The highest BCUT2D eigenvalue weighted by Gasteiger charge is 1.95. The lowest BCUT2D eigenvalue weighted by Gasteiger charge is -2.21. The van der Waals surface area contributed by atoms with Crippen LogP contribution in [0.15, 0.2) is 18.2 Å². The first-order chi connectivity index (χ1) is 5.11. The third kappa shape index (κ3) is 1.60. The minimum absolute atomic E-state index is 0.188. The molecular formula is C7H9N2O2-. The number of anilines is 2. The van der Waals surface area contributed by atoms with Gasteiger partial charge in [0.1, 0.15) is 0 Å². The number of nitrogens with two attached hydrogens (primary N) is 1. The van der Waals surface area contributed by atoms with Crippen molar-refractivity contribution >= 4 is 11.4 Å². The molecule has 0 amide bonds. The lowest BCUT2D eigenvalue weighted by Crippen LogP contribution is -2.07. The highest BCUT2D eigenvalue weighted by Crippen LogP contribution is 2.18. The molecule has 1 rings (SSSR count). The van der Waals surface area contributed by atoms with Gasteiger partial charge in [0, 0.05) is 5.69 Å². The number of hydrogen-bond donors (Lipinski definition) is 2. The molecular weight excluding hydrogens is 144 g/mol. The van der Waals surface area contributed by atoms with E-state index in [1.807, 2.05) is 0 Å². The second-order valence-corrected chi connectivity index (χ2v) is 2.31.